The fourth-order valence-electron chi connectivity index (χ4n) is 5.15. The topological polar surface area (TPSA) is 330 Å². The molecule has 0 aliphatic heterocycles. The molecule has 0 saturated carbocycles. The number of azo groups is 1. The van der Waals surface area contributed by atoms with Gasteiger partial charge in [0.1, 0.15) is 16.3 Å². The first kappa shape index (κ1) is 43.6. The quantitative estimate of drug-likeness (QED) is 0.0101. The number of amides is 1. The molecule has 0 bridgehead atoms. The van der Waals surface area contributed by atoms with Crippen molar-refractivity contribution in [3.63, 3.8) is 0 Å². The van der Waals surface area contributed by atoms with E-state index < -0.39 is 42.3 Å². The van der Waals surface area contributed by atoms with E-state index in [-0.39, 0.29) is 68.9 Å². The number of rotatable bonds is 19. The number of nitrogens with two attached hydrogens (primary N) is 1. The maximum atomic E-state index is 12.8. The molecule has 0 saturated heterocycles. The fourth-order valence-corrected chi connectivity index (χ4v) is 7.68. The van der Waals surface area contributed by atoms with Gasteiger partial charge in [0.05, 0.1) is 46.6 Å². The summed E-state index contributed by atoms with van der Waals surface area (Å²) in [7, 11) is -8.44. The zero-order chi connectivity index (χ0) is 42.9. The van der Waals surface area contributed by atoms with E-state index in [0.29, 0.717) is 28.8 Å². The minimum Gasteiger partial charge on any atom is -0.505 e. The number of benzene rings is 4. The number of aromatic hydroxyl groups is 1. The van der Waals surface area contributed by atoms with Crippen molar-refractivity contribution in [1.82, 2.24) is 15.0 Å². The molecule has 1 amide bonds. The van der Waals surface area contributed by atoms with E-state index in [2.05, 4.69) is 54.6 Å². The summed E-state index contributed by atoms with van der Waals surface area (Å²) in [5.74, 6) is -1.40. The standard InChI is InChI=1S/C33H27N9O14S4/c34-30(44)19-11-13-42(14-12-19)33-38-31(35-21-5-8-23(9-6-21)59(47,48)16-15-52-58-56-54-46)37-32(39-33)36-22-7-10-24-20(17-22)18-26(57-55-53-45)28(29(24)43)41-40-25-3-1-2-4-27(25)60(49,50)51/h1-14,17-18H,15-16H2,(H7-,34,35,36,37,38,39,43,44,45,46,49,50,51)/p+1. The van der Waals surface area contributed by atoms with Crippen molar-refractivity contribution in [2.45, 2.75) is 14.7 Å². The van der Waals surface area contributed by atoms with Crippen molar-refractivity contribution in [3.8, 4) is 11.7 Å². The van der Waals surface area contributed by atoms with Gasteiger partial charge in [0.2, 0.25) is 5.91 Å². The van der Waals surface area contributed by atoms with Crippen LogP contribution in [-0.2, 0) is 42.9 Å². The van der Waals surface area contributed by atoms with Crippen LogP contribution in [0, 0.1) is 0 Å². The molecule has 0 radical (unpaired) electrons. The van der Waals surface area contributed by atoms with Gasteiger partial charge in [0, 0.05) is 22.3 Å². The van der Waals surface area contributed by atoms with Gasteiger partial charge in [-0.2, -0.15) is 8.42 Å². The zero-order valence-electron chi connectivity index (χ0n) is 29.9. The molecule has 8 N–H and O–H groups in total. The summed E-state index contributed by atoms with van der Waals surface area (Å²) in [5.41, 5.74) is 5.97. The number of carbonyl (C=O) groups is 1. The molecule has 6 rings (SSSR count). The summed E-state index contributed by atoms with van der Waals surface area (Å²) < 4.78 is 73.8. The van der Waals surface area contributed by atoms with Gasteiger partial charge in [-0.1, -0.05) is 22.2 Å². The summed E-state index contributed by atoms with van der Waals surface area (Å²) in [6.07, 6.45) is 3.00. The summed E-state index contributed by atoms with van der Waals surface area (Å²) in [6.45, 7) is -0.270. The largest absolute Gasteiger partial charge is 0.505 e. The van der Waals surface area contributed by atoms with Crippen molar-refractivity contribution in [2.24, 2.45) is 16.0 Å². The summed E-state index contributed by atoms with van der Waals surface area (Å²) in [4.78, 5) is 24.6. The van der Waals surface area contributed by atoms with Gasteiger partial charge < -0.3 is 21.5 Å². The lowest BCUT2D eigenvalue weighted by atomic mass is 10.1. The molecular weight excluding hydrogens is 875 g/mol. The fraction of sp³-hybridized carbons (Fsp3) is 0.0606. The number of fused-ring (bicyclic) bond motifs is 1. The number of carbonyl (C=O) groups excluding carboxylic acids is 1. The molecule has 0 spiro atoms. The number of nitrogens with zero attached hydrogens (tertiary/aromatic N) is 6. The van der Waals surface area contributed by atoms with Gasteiger partial charge in [-0.25, -0.2) is 23.5 Å². The lowest BCUT2D eigenvalue weighted by molar-refractivity contribution is -0.603. The highest BCUT2D eigenvalue weighted by Gasteiger charge is 2.22. The van der Waals surface area contributed by atoms with Crippen molar-refractivity contribution in [1.29, 1.82) is 0 Å². The average molecular weight is 903 g/mol. The predicted molar refractivity (Wildman–Crippen MR) is 210 cm³/mol. The Morgan fingerprint density at radius 2 is 1.50 bits per heavy atom. The maximum absolute atomic E-state index is 12.8. The van der Waals surface area contributed by atoms with E-state index in [1.165, 1.54) is 83.7 Å². The van der Waals surface area contributed by atoms with Crippen molar-refractivity contribution >= 4 is 95.6 Å². The highest BCUT2D eigenvalue weighted by molar-refractivity contribution is 7.94. The highest BCUT2D eigenvalue weighted by Crippen LogP contribution is 2.45. The molecule has 0 atom stereocenters. The van der Waals surface area contributed by atoms with Gasteiger partial charge in [-0.15, -0.1) is 23.9 Å². The Bertz CT molecular complexity index is 2770. The first-order valence-corrected chi connectivity index (χ1v) is 20.9. The van der Waals surface area contributed by atoms with E-state index in [1.54, 1.807) is 12.1 Å². The van der Waals surface area contributed by atoms with E-state index >= 15 is 0 Å². The number of hydrogen-bond donors (Lipinski definition) is 7. The van der Waals surface area contributed by atoms with E-state index in [9.17, 15) is 31.3 Å². The Labute approximate surface area is 346 Å². The third-order valence-electron chi connectivity index (χ3n) is 7.84. The van der Waals surface area contributed by atoms with Crippen LogP contribution in [0.3, 0.4) is 0 Å². The lowest BCUT2D eigenvalue weighted by Gasteiger charge is -2.11. The van der Waals surface area contributed by atoms with Crippen molar-refractivity contribution in [3.05, 3.63) is 103 Å². The SMILES string of the molecule is NC(=O)c1cc[n+](-c2nc(Nc3ccc(S(=O)(=O)CCOSOOO)cc3)nc(Nc3ccc4c(O)c(N=Nc5ccccc5S(=O)(=O)O)c(SOOO)cc4c3)n2)cc1. The molecular formula is C33H28N9O14S4+. The molecule has 27 heteroatoms. The maximum Gasteiger partial charge on any atom is 0.444 e. The van der Waals surface area contributed by atoms with Gasteiger partial charge >= 0.3 is 17.8 Å². The molecule has 2 heterocycles. The van der Waals surface area contributed by atoms with Gasteiger partial charge in [-0.05, 0) is 88.2 Å². The normalized spacial score (nSPS) is 11.9. The summed E-state index contributed by atoms with van der Waals surface area (Å²) >= 11 is 0.695. The number of anilines is 4. The van der Waals surface area contributed by atoms with Gasteiger partial charge in [-0.3, -0.25) is 13.5 Å². The van der Waals surface area contributed by atoms with Crippen LogP contribution in [-0.4, -0.2) is 70.2 Å². The Morgan fingerprint density at radius 3 is 2.17 bits per heavy atom. The second kappa shape index (κ2) is 19.4. The van der Waals surface area contributed by atoms with Crippen LogP contribution >= 0.6 is 24.4 Å². The van der Waals surface area contributed by atoms with Crippen LogP contribution < -0.4 is 20.9 Å². The van der Waals surface area contributed by atoms with Gasteiger partial charge in [0.25, 0.3) is 10.1 Å². The Hall–Kier alpha value is -5.95. The minimum absolute atomic E-state index is 0.000251. The molecule has 0 unspecified atom stereocenters. The first-order valence-electron chi connectivity index (χ1n) is 16.4. The number of phenols is 1. The van der Waals surface area contributed by atoms with Crippen LogP contribution in [0.1, 0.15) is 10.4 Å². The lowest BCUT2D eigenvalue weighted by Crippen LogP contribution is -2.33. The molecule has 312 valence electrons. The molecule has 2 aromatic heterocycles. The number of phenolic OH excluding ortho intramolecular Hbond substituents is 1. The average Bonchev–Trinajstić information content (AvgIpc) is 3.22. The highest BCUT2D eigenvalue weighted by atomic mass is 32.2. The molecule has 6 aromatic rings. The molecule has 0 aliphatic carbocycles. The van der Waals surface area contributed by atoms with E-state index in [4.69, 9.17) is 20.4 Å². The Balaban J connectivity index is 1.32. The third-order valence-corrected chi connectivity index (χ3v) is 11.4. The molecule has 0 aliphatic rings. The van der Waals surface area contributed by atoms with Crippen molar-refractivity contribution in [2.75, 3.05) is 23.0 Å². The Kier molecular flexibility index (Phi) is 14.1. The number of pyridine rings is 1. The Morgan fingerprint density at radius 1 is 0.833 bits per heavy atom. The summed E-state index contributed by atoms with van der Waals surface area (Å²) in [5, 5.41) is 50.0. The summed E-state index contributed by atoms with van der Waals surface area (Å²) in [6, 6.07) is 20.0. The second-order valence-corrected chi connectivity index (χ2v) is 16.4. The number of primary amides is 1. The number of hydrogen-bond acceptors (Lipinski definition) is 22. The molecule has 4 aromatic carbocycles. The van der Waals surface area contributed by atoms with Crippen molar-refractivity contribution < 1.29 is 69.3 Å². The van der Waals surface area contributed by atoms with Crippen LogP contribution in [0.15, 0.2) is 122 Å². The smallest absolute Gasteiger partial charge is 0.444 e. The molecule has 0 fully saturated rings. The number of sulfone groups is 1. The third kappa shape index (κ3) is 11.0. The van der Waals surface area contributed by atoms with Gasteiger partial charge in [0.15, 0.2) is 27.9 Å². The first-order chi connectivity index (χ1) is 28.7. The number of aromatic nitrogens is 4. The van der Waals surface area contributed by atoms with Crippen LogP contribution in [0.5, 0.6) is 5.75 Å². The molecule has 23 nitrogen and oxygen atoms in total. The van der Waals surface area contributed by atoms with Crippen LogP contribution in [0.4, 0.5) is 34.6 Å². The van der Waals surface area contributed by atoms with E-state index in [0.717, 1.165) is 6.07 Å². The predicted octanol–water partition coefficient (Wildman–Crippen LogP) is 5.46. The minimum atomic E-state index is -4.67. The van der Waals surface area contributed by atoms with Crippen LogP contribution in [0.25, 0.3) is 16.7 Å². The van der Waals surface area contributed by atoms with Crippen LogP contribution in [0.2, 0.25) is 0 Å². The zero-order valence-corrected chi connectivity index (χ0v) is 33.2. The number of nitrogens with one attached hydrogen (secondary N) is 2. The monoisotopic (exact) mass is 902 g/mol. The van der Waals surface area contributed by atoms with E-state index in [1.807, 2.05) is 0 Å². The molecule has 60 heavy (non-hydrogen) atoms. The second-order valence-electron chi connectivity index (χ2n) is 11.6.